The summed E-state index contributed by atoms with van der Waals surface area (Å²) in [4.78, 5) is 22.0. The van der Waals surface area contributed by atoms with E-state index in [2.05, 4.69) is 28.1 Å². The molecule has 5 nitrogen and oxygen atoms in total. The van der Waals surface area contributed by atoms with Gasteiger partial charge in [-0.05, 0) is 54.4 Å². The molecule has 0 spiro atoms. The molecule has 1 N–H and O–H groups in total. The Labute approximate surface area is 204 Å². The van der Waals surface area contributed by atoms with Crippen molar-refractivity contribution >= 4 is 29.2 Å². The van der Waals surface area contributed by atoms with Gasteiger partial charge in [-0.1, -0.05) is 48.9 Å². The maximum absolute atomic E-state index is 14.1. The number of nitrogens with zero attached hydrogens (tertiary/aromatic N) is 3. The first kappa shape index (κ1) is 23.9. The highest BCUT2D eigenvalue weighted by Crippen LogP contribution is 2.17. The Morgan fingerprint density at radius 1 is 1.00 bits per heavy atom. The minimum atomic E-state index is -0.240. The summed E-state index contributed by atoms with van der Waals surface area (Å²) in [6.07, 6.45) is 0.907. The molecule has 4 rings (SSSR count). The van der Waals surface area contributed by atoms with E-state index >= 15 is 0 Å². The number of aliphatic imine (C=N–C) groups is 1. The van der Waals surface area contributed by atoms with E-state index in [1.54, 1.807) is 30.3 Å². The smallest absolute Gasteiger partial charge is 0.257 e. The van der Waals surface area contributed by atoms with Gasteiger partial charge in [-0.3, -0.25) is 15.0 Å². The predicted octanol–water partition coefficient (Wildman–Crippen LogP) is 5.28. The van der Waals surface area contributed by atoms with Crippen LogP contribution in [0.3, 0.4) is 0 Å². The fourth-order valence-corrected chi connectivity index (χ4v) is 4.03. The molecule has 0 unspecified atom stereocenters. The van der Waals surface area contributed by atoms with Crippen molar-refractivity contribution in [1.29, 1.82) is 0 Å². The molecule has 0 saturated carbocycles. The average Bonchev–Trinajstić information content (AvgIpc) is 2.86. The number of aryl methyl sites for hydroxylation is 1. The number of halogens is 2. The van der Waals surface area contributed by atoms with E-state index in [1.807, 2.05) is 30.3 Å². The molecule has 1 aliphatic heterocycles. The summed E-state index contributed by atoms with van der Waals surface area (Å²) in [6.45, 7) is 5.46. The van der Waals surface area contributed by atoms with Crippen LogP contribution in [0.5, 0.6) is 0 Å². The molecule has 1 heterocycles. The quantitative estimate of drug-likeness (QED) is 0.401. The van der Waals surface area contributed by atoms with Gasteiger partial charge in [-0.25, -0.2) is 9.38 Å². The summed E-state index contributed by atoms with van der Waals surface area (Å²) in [5.74, 6) is 0.0906. The number of nitrogens with one attached hydrogen (secondary N) is 1. The van der Waals surface area contributed by atoms with Crippen molar-refractivity contribution in [2.24, 2.45) is 4.99 Å². The van der Waals surface area contributed by atoms with E-state index in [0.717, 1.165) is 25.2 Å². The largest absolute Gasteiger partial charge is 0.340 e. The number of hydrogen-bond acceptors (Lipinski definition) is 3. The van der Waals surface area contributed by atoms with E-state index in [4.69, 9.17) is 16.6 Å². The van der Waals surface area contributed by atoms with Gasteiger partial charge < -0.3 is 4.90 Å². The number of benzene rings is 3. The fraction of sp³-hybridized carbons (Fsp3) is 0.259. The standard InChI is InChI=1S/C27H28ClFN4O/c1-2-20-6-5-8-24(18-20)30-27(31-26(34)21-10-12-23(28)13-11-21)33-16-14-32(15-17-33)19-22-7-3-4-9-25(22)29/h3-13,18H,2,14-17,19H2,1H3,(H,30,31,34). The van der Waals surface area contributed by atoms with E-state index in [0.29, 0.717) is 41.7 Å². The highest BCUT2D eigenvalue weighted by atomic mass is 35.5. The van der Waals surface area contributed by atoms with E-state index < -0.39 is 0 Å². The normalized spacial score (nSPS) is 14.8. The molecule has 1 amide bonds. The van der Waals surface area contributed by atoms with Crippen LogP contribution < -0.4 is 5.32 Å². The van der Waals surface area contributed by atoms with Crippen LogP contribution in [-0.2, 0) is 13.0 Å². The number of carbonyl (C=O) groups is 1. The maximum Gasteiger partial charge on any atom is 0.257 e. The number of amides is 1. The zero-order chi connectivity index (χ0) is 23.9. The second kappa shape index (κ2) is 11.3. The zero-order valence-corrected chi connectivity index (χ0v) is 19.9. The molecule has 0 aromatic heterocycles. The molecule has 34 heavy (non-hydrogen) atoms. The first-order valence-electron chi connectivity index (χ1n) is 11.5. The minimum Gasteiger partial charge on any atom is -0.340 e. The predicted molar refractivity (Wildman–Crippen MR) is 135 cm³/mol. The van der Waals surface area contributed by atoms with Gasteiger partial charge >= 0.3 is 0 Å². The molecule has 3 aromatic rings. The number of guanidine groups is 1. The monoisotopic (exact) mass is 478 g/mol. The first-order valence-corrected chi connectivity index (χ1v) is 11.8. The zero-order valence-electron chi connectivity index (χ0n) is 19.2. The van der Waals surface area contributed by atoms with Gasteiger partial charge in [0, 0.05) is 48.9 Å². The van der Waals surface area contributed by atoms with Gasteiger partial charge in [0.15, 0.2) is 0 Å². The molecule has 7 heteroatoms. The average molecular weight is 479 g/mol. The molecule has 0 aliphatic carbocycles. The molecule has 1 aliphatic rings. The molecule has 1 saturated heterocycles. The van der Waals surface area contributed by atoms with Crippen molar-refractivity contribution in [3.05, 3.63) is 100 Å². The summed E-state index contributed by atoms with van der Waals surface area (Å²) in [5.41, 5.74) is 3.17. The Bertz CT molecular complexity index is 1160. The molecular weight excluding hydrogens is 451 g/mol. The van der Waals surface area contributed by atoms with Crippen LogP contribution in [0.25, 0.3) is 0 Å². The lowest BCUT2D eigenvalue weighted by Crippen LogP contribution is -2.53. The molecule has 0 atom stereocenters. The van der Waals surface area contributed by atoms with Crippen LogP contribution in [0, 0.1) is 5.82 Å². The van der Waals surface area contributed by atoms with Crippen LogP contribution in [0.15, 0.2) is 77.8 Å². The number of hydrogen-bond donors (Lipinski definition) is 1. The molecule has 3 aromatic carbocycles. The van der Waals surface area contributed by atoms with Crippen molar-refractivity contribution in [1.82, 2.24) is 15.1 Å². The molecular formula is C27H28ClFN4O. The Morgan fingerprint density at radius 2 is 1.74 bits per heavy atom. The van der Waals surface area contributed by atoms with Gasteiger partial charge in [0.25, 0.3) is 5.91 Å². The third kappa shape index (κ3) is 6.22. The molecule has 0 bridgehead atoms. The van der Waals surface area contributed by atoms with Crippen LogP contribution in [0.4, 0.5) is 10.1 Å². The molecule has 176 valence electrons. The summed E-state index contributed by atoms with van der Waals surface area (Å²) in [6, 6.07) is 21.7. The van der Waals surface area contributed by atoms with Gasteiger partial charge in [0.1, 0.15) is 5.82 Å². The van der Waals surface area contributed by atoms with Crippen molar-refractivity contribution < 1.29 is 9.18 Å². The van der Waals surface area contributed by atoms with Gasteiger partial charge in [-0.2, -0.15) is 0 Å². The Hall–Kier alpha value is -3.22. The van der Waals surface area contributed by atoms with E-state index in [1.165, 1.54) is 11.6 Å². The number of carbonyl (C=O) groups excluding carboxylic acids is 1. The lowest BCUT2D eigenvalue weighted by atomic mass is 10.1. The van der Waals surface area contributed by atoms with Gasteiger partial charge in [0.05, 0.1) is 5.69 Å². The maximum atomic E-state index is 14.1. The van der Waals surface area contributed by atoms with Gasteiger partial charge in [0.2, 0.25) is 5.96 Å². The van der Waals surface area contributed by atoms with Crippen LogP contribution in [0.2, 0.25) is 5.02 Å². The van der Waals surface area contributed by atoms with Crippen molar-refractivity contribution in [3.8, 4) is 0 Å². The van der Waals surface area contributed by atoms with Gasteiger partial charge in [-0.15, -0.1) is 0 Å². The molecule has 0 radical (unpaired) electrons. The van der Waals surface area contributed by atoms with Crippen LogP contribution >= 0.6 is 11.6 Å². The van der Waals surface area contributed by atoms with E-state index in [9.17, 15) is 9.18 Å². The lowest BCUT2D eigenvalue weighted by Gasteiger charge is -2.36. The highest BCUT2D eigenvalue weighted by molar-refractivity contribution is 6.30. The minimum absolute atomic E-state index is 0.182. The third-order valence-electron chi connectivity index (χ3n) is 5.91. The summed E-state index contributed by atoms with van der Waals surface area (Å²) in [7, 11) is 0. The van der Waals surface area contributed by atoms with E-state index in [-0.39, 0.29) is 11.7 Å². The second-order valence-corrected chi connectivity index (χ2v) is 8.71. The summed E-state index contributed by atoms with van der Waals surface area (Å²) in [5, 5.41) is 3.57. The van der Waals surface area contributed by atoms with Crippen molar-refractivity contribution in [3.63, 3.8) is 0 Å². The fourth-order valence-electron chi connectivity index (χ4n) is 3.91. The van der Waals surface area contributed by atoms with Crippen LogP contribution in [0.1, 0.15) is 28.4 Å². The topological polar surface area (TPSA) is 47.9 Å². The SMILES string of the molecule is CCc1cccc(N=C(NC(=O)c2ccc(Cl)cc2)N2CCN(Cc3ccccc3F)CC2)c1. The molecule has 1 fully saturated rings. The second-order valence-electron chi connectivity index (χ2n) is 8.27. The third-order valence-corrected chi connectivity index (χ3v) is 6.16. The highest BCUT2D eigenvalue weighted by Gasteiger charge is 2.22. The number of piperazine rings is 1. The Morgan fingerprint density at radius 3 is 2.44 bits per heavy atom. The summed E-state index contributed by atoms with van der Waals surface area (Å²) < 4.78 is 14.1. The lowest BCUT2D eigenvalue weighted by molar-refractivity contribution is 0.0967. The first-order chi connectivity index (χ1) is 16.5. The Kier molecular flexibility index (Phi) is 7.93. The van der Waals surface area contributed by atoms with Crippen molar-refractivity contribution in [2.45, 2.75) is 19.9 Å². The van der Waals surface area contributed by atoms with Crippen molar-refractivity contribution in [2.75, 3.05) is 26.2 Å². The summed E-state index contributed by atoms with van der Waals surface area (Å²) >= 11 is 5.97. The number of rotatable bonds is 5. The Balaban J connectivity index is 1.51. The van der Waals surface area contributed by atoms with Crippen LogP contribution in [-0.4, -0.2) is 47.8 Å².